The molecule has 144 valence electrons. The van der Waals surface area contributed by atoms with Crippen molar-refractivity contribution < 1.29 is 14.3 Å². The minimum absolute atomic E-state index is 0.0194. The van der Waals surface area contributed by atoms with Crippen LogP contribution in [0.1, 0.15) is 30.5 Å². The molecule has 1 aromatic heterocycles. The normalized spacial score (nSPS) is 13.4. The summed E-state index contributed by atoms with van der Waals surface area (Å²) in [5.41, 5.74) is 3.07. The van der Waals surface area contributed by atoms with Crippen LogP contribution in [0.4, 0.5) is 0 Å². The zero-order chi connectivity index (χ0) is 19.5. The molecule has 2 aromatic carbocycles. The Kier molecular flexibility index (Phi) is 4.97. The van der Waals surface area contributed by atoms with Crippen LogP contribution in [0, 0.1) is 0 Å². The molecule has 0 saturated carbocycles. The van der Waals surface area contributed by atoms with Crippen LogP contribution in [0.15, 0.2) is 55.1 Å². The monoisotopic (exact) mass is 378 g/mol. The predicted molar refractivity (Wildman–Crippen MR) is 103 cm³/mol. The Hall–Kier alpha value is -3.35. The first-order chi connectivity index (χ1) is 13.6. The number of hydrogen-bond acceptors (Lipinski definition) is 5. The Labute approximate surface area is 163 Å². The van der Waals surface area contributed by atoms with Crippen LogP contribution in [0.25, 0.3) is 5.69 Å². The van der Waals surface area contributed by atoms with E-state index in [1.807, 2.05) is 56.4 Å². The van der Waals surface area contributed by atoms with E-state index in [-0.39, 0.29) is 18.7 Å². The van der Waals surface area contributed by atoms with E-state index in [0.717, 1.165) is 28.3 Å². The molecule has 1 aliphatic rings. The number of carbonyl (C=O) groups is 1. The third-order valence-electron chi connectivity index (χ3n) is 5.10. The van der Waals surface area contributed by atoms with Crippen LogP contribution in [-0.4, -0.2) is 39.4 Å². The van der Waals surface area contributed by atoms with Crippen molar-refractivity contribution in [3.8, 4) is 17.2 Å². The fourth-order valence-corrected chi connectivity index (χ4v) is 3.21. The summed E-state index contributed by atoms with van der Waals surface area (Å²) in [6.45, 7) is 2.29. The topological polar surface area (TPSA) is 69.5 Å². The predicted octanol–water partition coefficient (Wildman–Crippen LogP) is 3.15. The van der Waals surface area contributed by atoms with E-state index in [1.165, 1.54) is 6.33 Å². The number of rotatable bonds is 6. The summed E-state index contributed by atoms with van der Waals surface area (Å²) in [4.78, 5) is 18.4. The lowest BCUT2D eigenvalue weighted by atomic mass is 10.0. The molecule has 28 heavy (non-hydrogen) atoms. The van der Waals surface area contributed by atoms with Gasteiger partial charge < -0.3 is 14.4 Å². The molecule has 0 aliphatic carbocycles. The molecular formula is C21H22N4O3. The number of carbonyl (C=O) groups excluding carboxylic acids is 1. The van der Waals surface area contributed by atoms with Crippen molar-refractivity contribution >= 4 is 5.91 Å². The van der Waals surface area contributed by atoms with Gasteiger partial charge >= 0.3 is 0 Å². The summed E-state index contributed by atoms with van der Waals surface area (Å²) < 4.78 is 12.4. The lowest BCUT2D eigenvalue weighted by molar-refractivity contribution is -0.131. The molecule has 4 rings (SSSR count). The molecule has 7 heteroatoms. The highest BCUT2D eigenvalue weighted by molar-refractivity contribution is 5.76. The Morgan fingerprint density at radius 1 is 1.18 bits per heavy atom. The summed E-state index contributed by atoms with van der Waals surface area (Å²) in [6.07, 6.45) is 4.27. The zero-order valence-corrected chi connectivity index (χ0v) is 15.9. The van der Waals surface area contributed by atoms with Crippen molar-refractivity contribution in [2.45, 2.75) is 25.8 Å². The highest BCUT2D eigenvalue weighted by Gasteiger charge is 2.18. The van der Waals surface area contributed by atoms with Crippen LogP contribution in [0.3, 0.4) is 0 Å². The first kappa shape index (κ1) is 18.0. The van der Waals surface area contributed by atoms with Gasteiger partial charge in [-0.1, -0.05) is 18.2 Å². The standard InChI is InChI=1S/C21H22N4O3/c1-15(17-5-7-18(8-6-17)25-13-22-12-23-25)24(2)21(26)10-4-16-3-9-19-20(11-16)28-14-27-19/h3,5-9,11-13,15H,4,10,14H2,1-2H3/t15-/m1/s1. The van der Waals surface area contributed by atoms with Gasteiger partial charge in [-0.15, -0.1) is 0 Å². The molecule has 3 aromatic rings. The molecule has 0 unspecified atom stereocenters. The number of hydrogen-bond donors (Lipinski definition) is 0. The number of fused-ring (bicyclic) bond motifs is 1. The molecule has 0 fully saturated rings. The lowest BCUT2D eigenvalue weighted by Crippen LogP contribution is -2.29. The number of nitrogens with zero attached hydrogens (tertiary/aromatic N) is 4. The second-order valence-electron chi connectivity index (χ2n) is 6.80. The van der Waals surface area contributed by atoms with Gasteiger partial charge in [-0.3, -0.25) is 4.79 Å². The number of aryl methyl sites for hydroxylation is 1. The van der Waals surface area contributed by atoms with Gasteiger partial charge in [-0.25, -0.2) is 9.67 Å². The molecular weight excluding hydrogens is 356 g/mol. The van der Waals surface area contributed by atoms with Gasteiger partial charge in [0.2, 0.25) is 12.7 Å². The quantitative estimate of drug-likeness (QED) is 0.659. The molecule has 1 atom stereocenters. The zero-order valence-electron chi connectivity index (χ0n) is 15.9. The van der Waals surface area contributed by atoms with E-state index in [9.17, 15) is 4.79 Å². The molecule has 1 aliphatic heterocycles. The second kappa shape index (κ2) is 7.72. The van der Waals surface area contributed by atoms with Crippen LogP contribution in [0.5, 0.6) is 11.5 Å². The van der Waals surface area contributed by atoms with Crippen LogP contribution >= 0.6 is 0 Å². The van der Waals surface area contributed by atoms with Gasteiger partial charge in [0.15, 0.2) is 11.5 Å². The van der Waals surface area contributed by atoms with Crippen molar-refractivity contribution in [2.75, 3.05) is 13.8 Å². The summed E-state index contributed by atoms with van der Waals surface area (Å²) in [5.74, 6) is 1.61. The molecule has 0 spiro atoms. The number of benzene rings is 2. The molecule has 0 radical (unpaired) electrons. The van der Waals surface area contributed by atoms with Crippen molar-refractivity contribution in [3.63, 3.8) is 0 Å². The average molecular weight is 378 g/mol. The Bertz CT molecular complexity index is 954. The SMILES string of the molecule is C[C@H](c1ccc(-n2cncn2)cc1)N(C)C(=O)CCc1ccc2c(c1)OCO2. The Morgan fingerprint density at radius 2 is 1.96 bits per heavy atom. The molecule has 0 bridgehead atoms. The maximum atomic E-state index is 12.7. The average Bonchev–Trinajstić information content (AvgIpc) is 3.42. The number of aromatic nitrogens is 3. The van der Waals surface area contributed by atoms with E-state index < -0.39 is 0 Å². The van der Waals surface area contributed by atoms with Gasteiger partial charge in [-0.2, -0.15) is 5.10 Å². The number of amides is 1. The van der Waals surface area contributed by atoms with E-state index >= 15 is 0 Å². The highest BCUT2D eigenvalue weighted by atomic mass is 16.7. The third-order valence-corrected chi connectivity index (χ3v) is 5.10. The first-order valence-corrected chi connectivity index (χ1v) is 9.21. The number of ether oxygens (including phenoxy) is 2. The van der Waals surface area contributed by atoms with Crippen LogP contribution < -0.4 is 9.47 Å². The van der Waals surface area contributed by atoms with Crippen molar-refractivity contribution in [2.24, 2.45) is 0 Å². The van der Waals surface area contributed by atoms with Gasteiger partial charge in [0.25, 0.3) is 0 Å². The first-order valence-electron chi connectivity index (χ1n) is 9.21. The Morgan fingerprint density at radius 3 is 2.71 bits per heavy atom. The van der Waals surface area contributed by atoms with E-state index in [1.54, 1.807) is 15.9 Å². The molecule has 1 amide bonds. The van der Waals surface area contributed by atoms with Gasteiger partial charge in [0.1, 0.15) is 12.7 Å². The fourth-order valence-electron chi connectivity index (χ4n) is 3.21. The van der Waals surface area contributed by atoms with E-state index in [0.29, 0.717) is 12.8 Å². The maximum Gasteiger partial charge on any atom is 0.231 e. The van der Waals surface area contributed by atoms with Crippen molar-refractivity contribution in [3.05, 3.63) is 66.2 Å². The van der Waals surface area contributed by atoms with Crippen LogP contribution in [0.2, 0.25) is 0 Å². The molecule has 0 saturated heterocycles. The van der Waals surface area contributed by atoms with E-state index in [2.05, 4.69) is 10.1 Å². The summed E-state index contributed by atoms with van der Waals surface area (Å²) in [5, 5.41) is 4.12. The fraction of sp³-hybridized carbons (Fsp3) is 0.286. The minimum atomic E-state index is -0.0194. The lowest BCUT2D eigenvalue weighted by Gasteiger charge is -2.25. The summed E-state index contributed by atoms with van der Waals surface area (Å²) >= 11 is 0. The summed E-state index contributed by atoms with van der Waals surface area (Å²) in [6, 6.07) is 13.8. The third kappa shape index (κ3) is 3.69. The second-order valence-corrected chi connectivity index (χ2v) is 6.80. The largest absolute Gasteiger partial charge is 0.454 e. The van der Waals surface area contributed by atoms with Crippen molar-refractivity contribution in [1.82, 2.24) is 19.7 Å². The van der Waals surface area contributed by atoms with Gasteiger partial charge in [0, 0.05) is 13.5 Å². The Balaban J connectivity index is 1.36. The summed E-state index contributed by atoms with van der Waals surface area (Å²) in [7, 11) is 1.85. The van der Waals surface area contributed by atoms with Gasteiger partial charge in [0.05, 0.1) is 11.7 Å². The smallest absolute Gasteiger partial charge is 0.231 e. The molecule has 0 N–H and O–H groups in total. The van der Waals surface area contributed by atoms with Crippen molar-refractivity contribution in [1.29, 1.82) is 0 Å². The van der Waals surface area contributed by atoms with E-state index in [4.69, 9.17) is 9.47 Å². The molecule has 7 nitrogen and oxygen atoms in total. The minimum Gasteiger partial charge on any atom is -0.454 e. The van der Waals surface area contributed by atoms with Gasteiger partial charge in [-0.05, 0) is 48.7 Å². The van der Waals surface area contributed by atoms with Crippen LogP contribution in [-0.2, 0) is 11.2 Å². The highest BCUT2D eigenvalue weighted by Crippen LogP contribution is 2.33. The maximum absolute atomic E-state index is 12.7. The molecule has 2 heterocycles.